The molecule has 1 rings (SSSR count). The molecular weight excluding hydrogens is 226 g/mol. The molecule has 0 fully saturated rings. The van der Waals surface area contributed by atoms with Crippen LogP contribution in [0, 0.1) is 0 Å². The standard InChI is InChI=1S/C13H23N5/c1-17(2)13(18(3)4)16-11-7-10-15-12-8-5-6-9-14-12/h5-6,8-9H,7,10-11H2,1-4H3,(H,14,15). The Bertz CT molecular complexity index is 349. The van der Waals surface area contributed by atoms with Gasteiger partial charge in [0.05, 0.1) is 0 Å². The number of aliphatic imine (C=N–C) groups is 1. The number of anilines is 1. The van der Waals surface area contributed by atoms with Gasteiger partial charge in [-0.2, -0.15) is 0 Å². The maximum absolute atomic E-state index is 4.56. The van der Waals surface area contributed by atoms with Crippen LogP contribution in [0.3, 0.4) is 0 Å². The highest BCUT2D eigenvalue weighted by Crippen LogP contribution is 1.99. The normalized spacial score (nSPS) is 9.78. The first kappa shape index (κ1) is 14.3. The molecule has 100 valence electrons. The van der Waals surface area contributed by atoms with Gasteiger partial charge in [0.15, 0.2) is 5.96 Å². The molecule has 0 aromatic carbocycles. The van der Waals surface area contributed by atoms with Gasteiger partial charge in [-0.15, -0.1) is 0 Å². The summed E-state index contributed by atoms with van der Waals surface area (Å²) in [6.45, 7) is 1.69. The van der Waals surface area contributed by atoms with Crippen molar-refractivity contribution in [2.24, 2.45) is 4.99 Å². The van der Waals surface area contributed by atoms with Crippen molar-refractivity contribution in [2.75, 3.05) is 46.6 Å². The second-order valence-corrected chi connectivity index (χ2v) is 4.47. The van der Waals surface area contributed by atoms with Gasteiger partial charge in [0.25, 0.3) is 0 Å². The van der Waals surface area contributed by atoms with Crippen LogP contribution in [-0.2, 0) is 0 Å². The molecule has 0 bridgehead atoms. The third-order valence-electron chi connectivity index (χ3n) is 2.36. The van der Waals surface area contributed by atoms with E-state index < -0.39 is 0 Å². The second-order valence-electron chi connectivity index (χ2n) is 4.47. The summed E-state index contributed by atoms with van der Waals surface area (Å²) in [4.78, 5) is 12.8. The molecule has 1 aromatic rings. The molecule has 0 saturated carbocycles. The average molecular weight is 249 g/mol. The maximum Gasteiger partial charge on any atom is 0.195 e. The van der Waals surface area contributed by atoms with E-state index in [0.717, 1.165) is 31.3 Å². The molecule has 0 unspecified atom stereocenters. The van der Waals surface area contributed by atoms with E-state index in [2.05, 4.69) is 15.3 Å². The summed E-state index contributed by atoms with van der Waals surface area (Å²) in [6.07, 6.45) is 2.78. The Balaban J connectivity index is 2.27. The second kappa shape index (κ2) is 7.53. The first-order chi connectivity index (χ1) is 8.61. The molecule has 0 aliphatic carbocycles. The molecule has 0 aliphatic rings. The Morgan fingerprint density at radius 1 is 1.22 bits per heavy atom. The Hall–Kier alpha value is -1.78. The number of rotatable bonds is 5. The Kier molecular flexibility index (Phi) is 5.97. The summed E-state index contributed by atoms with van der Waals surface area (Å²) in [5.41, 5.74) is 0. The van der Waals surface area contributed by atoms with Gasteiger partial charge in [-0.25, -0.2) is 4.98 Å². The van der Waals surface area contributed by atoms with E-state index in [4.69, 9.17) is 0 Å². The first-order valence-corrected chi connectivity index (χ1v) is 6.15. The van der Waals surface area contributed by atoms with Crippen molar-refractivity contribution in [3.63, 3.8) is 0 Å². The Morgan fingerprint density at radius 3 is 2.50 bits per heavy atom. The highest BCUT2D eigenvalue weighted by atomic mass is 15.3. The average Bonchev–Trinajstić information content (AvgIpc) is 2.34. The van der Waals surface area contributed by atoms with E-state index in [1.54, 1.807) is 6.20 Å². The lowest BCUT2D eigenvalue weighted by atomic mass is 10.4. The van der Waals surface area contributed by atoms with Crippen molar-refractivity contribution < 1.29 is 0 Å². The fourth-order valence-corrected chi connectivity index (χ4v) is 1.62. The maximum atomic E-state index is 4.56. The number of aromatic nitrogens is 1. The molecule has 0 aliphatic heterocycles. The summed E-state index contributed by atoms with van der Waals surface area (Å²) in [5, 5.41) is 3.27. The zero-order chi connectivity index (χ0) is 13.4. The molecule has 5 heteroatoms. The van der Waals surface area contributed by atoms with Crippen molar-refractivity contribution in [3.05, 3.63) is 24.4 Å². The van der Waals surface area contributed by atoms with E-state index in [9.17, 15) is 0 Å². The zero-order valence-electron chi connectivity index (χ0n) is 11.7. The van der Waals surface area contributed by atoms with Crippen LogP contribution in [0.2, 0.25) is 0 Å². The molecular formula is C13H23N5. The monoisotopic (exact) mass is 249 g/mol. The van der Waals surface area contributed by atoms with Crippen LogP contribution in [-0.4, -0.2) is 62.0 Å². The molecule has 0 amide bonds. The fourth-order valence-electron chi connectivity index (χ4n) is 1.62. The van der Waals surface area contributed by atoms with Crippen LogP contribution < -0.4 is 5.32 Å². The van der Waals surface area contributed by atoms with Gasteiger partial charge in [0, 0.05) is 47.5 Å². The van der Waals surface area contributed by atoms with Crippen molar-refractivity contribution in [2.45, 2.75) is 6.42 Å². The Morgan fingerprint density at radius 2 is 1.94 bits per heavy atom. The summed E-state index contributed by atoms with van der Waals surface area (Å²) in [6, 6.07) is 5.86. The third kappa shape index (κ3) is 5.03. The van der Waals surface area contributed by atoms with Crippen molar-refractivity contribution in [1.29, 1.82) is 0 Å². The van der Waals surface area contributed by atoms with Crippen molar-refractivity contribution >= 4 is 11.8 Å². The van der Waals surface area contributed by atoms with Crippen LogP contribution in [0.1, 0.15) is 6.42 Å². The molecule has 18 heavy (non-hydrogen) atoms. The zero-order valence-corrected chi connectivity index (χ0v) is 11.7. The summed E-state index contributed by atoms with van der Waals surface area (Å²) in [7, 11) is 8.02. The van der Waals surface area contributed by atoms with Crippen LogP contribution >= 0.6 is 0 Å². The van der Waals surface area contributed by atoms with Gasteiger partial charge in [0.2, 0.25) is 0 Å². The molecule has 1 N–H and O–H groups in total. The van der Waals surface area contributed by atoms with E-state index in [-0.39, 0.29) is 0 Å². The largest absolute Gasteiger partial charge is 0.370 e. The van der Waals surface area contributed by atoms with Crippen LogP contribution in [0.5, 0.6) is 0 Å². The molecule has 0 saturated heterocycles. The van der Waals surface area contributed by atoms with E-state index in [0.29, 0.717) is 0 Å². The molecule has 0 atom stereocenters. The number of nitrogens with zero attached hydrogens (tertiary/aromatic N) is 4. The highest BCUT2D eigenvalue weighted by Gasteiger charge is 2.02. The predicted octanol–water partition coefficient (Wildman–Crippen LogP) is 1.36. The van der Waals surface area contributed by atoms with Gasteiger partial charge >= 0.3 is 0 Å². The SMILES string of the molecule is CN(C)C(=NCCCNc1ccccn1)N(C)C. The molecule has 1 heterocycles. The lowest BCUT2D eigenvalue weighted by Gasteiger charge is -2.22. The summed E-state index contributed by atoms with van der Waals surface area (Å²) < 4.78 is 0. The smallest absolute Gasteiger partial charge is 0.195 e. The van der Waals surface area contributed by atoms with Gasteiger partial charge in [-0.05, 0) is 18.6 Å². The Labute approximate surface area is 110 Å². The number of pyridine rings is 1. The third-order valence-corrected chi connectivity index (χ3v) is 2.36. The lowest BCUT2D eigenvalue weighted by molar-refractivity contribution is 0.479. The molecule has 0 radical (unpaired) electrons. The molecule has 1 aromatic heterocycles. The van der Waals surface area contributed by atoms with Crippen LogP contribution in [0.25, 0.3) is 0 Å². The van der Waals surface area contributed by atoms with E-state index >= 15 is 0 Å². The van der Waals surface area contributed by atoms with Gasteiger partial charge < -0.3 is 15.1 Å². The number of hydrogen-bond acceptors (Lipinski definition) is 3. The van der Waals surface area contributed by atoms with Crippen LogP contribution in [0.4, 0.5) is 5.82 Å². The van der Waals surface area contributed by atoms with Gasteiger partial charge in [-0.3, -0.25) is 4.99 Å². The lowest BCUT2D eigenvalue weighted by Crippen LogP contribution is -2.35. The van der Waals surface area contributed by atoms with Gasteiger partial charge in [-0.1, -0.05) is 6.07 Å². The van der Waals surface area contributed by atoms with Gasteiger partial charge in [0.1, 0.15) is 5.82 Å². The predicted molar refractivity (Wildman–Crippen MR) is 77.0 cm³/mol. The van der Waals surface area contributed by atoms with Crippen LogP contribution in [0.15, 0.2) is 29.4 Å². The van der Waals surface area contributed by atoms with Crippen molar-refractivity contribution in [1.82, 2.24) is 14.8 Å². The first-order valence-electron chi connectivity index (χ1n) is 6.15. The number of guanidine groups is 1. The van der Waals surface area contributed by atoms with Crippen molar-refractivity contribution in [3.8, 4) is 0 Å². The number of hydrogen-bond donors (Lipinski definition) is 1. The quantitative estimate of drug-likeness (QED) is 0.486. The minimum atomic E-state index is 0.811. The molecule has 0 spiro atoms. The highest BCUT2D eigenvalue weighted by molar-refractivity contribution is 5.79. The summed E-state index contributed by atoms with van der Waals surface area (Å²) in [5.74, 6) is 1.91. The molecule has 5 nitrogen and oxygen atoms in total. The minimum Gasteiger partial charge on any atom is -0.370 e. The van der Waals surface area contributed by atoms with E-state index in [1.807, 2.05) is 56.2 Å². The van der Waals surface area contributed by atoms with E-state index in [1.165, 1.54) is 0 Å². The number of nitrogens with one attached hydrogen (secondary N) is 1. The fraction of sp³-hybridized carbons (Fsp3) is 0.538. The summed E-state index contributed by atoms with van der Waals surface area (Å²) >= 11 is 0. The topological polar surface area (TPSA) is 43.8 Å². The minimum absolute atomic E-state index is 0.811.